The molecule has 0 aromatic heterocycles. The Kier molecular flexibility index (Phi) is 2.26. The quantitative estimate of drug-likeness (QED) is 0.639. The molecule has 0 aliphatic carbocycles. The predicted molar refractivity (Wildman–Crippen MR) is 45.0 cm³/mol. The van der Waals surface area contributed by atoms with Gasteiger partial charge >= 0.3 is 12.1 Å². The lowest BCUT2D eigenvalue weighted by molar-refractivity contribution is -0.207. The minimum absolute atomic E-state index is 0.233. The van der Waals surface area contributed by atoms with E-state index in [9.17, 15) is 26.4 Å². The van der Waals surface area contributed by atoms with Crippen LogP contribution in [0.25, 0.3) is 0 Å². The number of alkyl halides is 3. The number of nitrogens with one attached hydrogen (secondary N) is 1. The van der Waals surface area contributed by atoms with Crippen LogP contribution in [0.2, 0.25) is 0 Å². The fourth-order valence-electron chi connectivity index (χ4n) is 1.90. The van der Waals surface area contributed by atoms with Gasteiger partial charge < -0.3 is 10.1 Å². The lowest BCUT2D eigenvalue weighted by atomic mass is 9.83. The first kappa shape index (κ1) is 11.6. The van der Waals surface area contributed by atoms with Crippen LogP contribution < -0.4 is 5.32 Å². The highest BCUT2D eigenvalue weighted by Crippen LogP contribution is 2.44. The Morgan fingerprint density at radius 1 is 1.38 bits per heavy atom. The van der Waals surface area contributed by atoms with Gasteiger partial charge in [0, 0.05) is 13.1 Å². The van der Waals surface area contributed by atoms with E-state index in [-0.39, 0.29) is 18.8 Å². The molecule has 2 fully saturated rings. The van der Waals surface area contributed by atoms with Gasteiger partial charge in [-0.2, -0.15) is 13.2 Å². The summed E-state index contributed by atoms with van der Waals surface area (Å²) in [6.07, 6.45) is -5.16. The minimum Gasteiger partial charge on any atom is -0.439 e. The van der Waals surface area contributed by atoms with Crippen LogP contribution in [-0.2, 0) is 19.4 Å². The van der Waals surface area contributed by atoms with Gasteiger partial charge in [0.25, 0.3) is 0 Å². The Morgan fingerprint density at radius 2 is 1.94 bits per heavy atom. The second-order valence-corrected chi connectivity index (χ2v) is 6.05. The number of ether oxygens (including phenoxy) is 1. The number of carbonyl (C=O) groups is 1. The largest absolute Gasteiger partial charge is 0.490 e. The zero-order chi connectivity index (χ0) is 12.2. The zero-order valence-electron chi connectivity index (χ0n) is 7.87. The van der Waals surface area contributed by atoms with E-state index < -0.39 is 32.8 Å². The highest BCUT2D eigenvalue weighted by molar-refractivity contribution is 7.93. The predicted octanol–water partition coefficient (Wildman–Crippen LogP) is -0.564. The maximum atomic E-state index is 11.9. The van der Waals surface area contributed by atoms with Gasteiger partial charge in [-0.3, -0.25) is 0 Å². The zero-order valence-corrected chi connectivity index (χ0v) is 8.69. The maximum Gasteiger partial charge on any atom is 0.490 e. The van der Waals surface area contributed by atoms with Gasteiger partial charge in [0.1, 0.15) is 0 Å². The van der Waals surface area contributed by atoms with Gasteiger partial charge in [-0.05, 0) is 0 Å². The fraction of sp³-hybridized carbons (Fsp3) is 0.857. The fourth-order valence-corrected chi connectivity index (χ4v) is 4.16. The van der Waals surface area contributed by atoms with E-state index in [1.54, 1.807) is 0 Å². The van der Waals surface area contributed by atoms with Gasteiger partial charge in [0.15, 0.2) is 9.84 Å². The average Bonchev–Trinajstić information content (AvgIpc) is 2.05. The molecule has 16 heavy (non-hydrogen) atoms. The summed E-state index contributed by atoms with van der Waals surface area (Å²) in [7, 11) is -3.73. The van der Waals surface area contributed by atoms with Crippen LogP contribution in [0.5, 0.6) is 0 Å². The van der Waals surface area contributed by atoms with Crippen molar-refractivity contribution in [2.45, 2.75) is 11.6 Å². The first-order valence-electron chi connectivity index (χ1n) is 4.38. The van der Waals surface area contributed by atoms with E-state index in [1.165, 1.54) is 0 Å². The summed E-state index contributed by atoms with van der Waals surface area (Å²) in [5.41, 5.74) is -2.50. The number of rotatable bonds is 1. The Bertz CT molecular complexity index is 425. The number of hydrogen-bond donors (Lipinski definition) is 1. The summed E-state index contributed by atoms with van der Waals surface area (Å²) in [4.78, 5) is 10.6. The lowest BCUT2D eigenvalue weighted by Gasteiger charge is -2.53. The molecule has 0 saturated carbocycles. The van der Waals surface area contributed by atoms with E-state index in [0.717, 1.165) is 0 Å². The van der Waals surface area contributed by atoms with Gasteiger partial charge in [-0.25, -0.2) is 13.2 Å². The Hall–Kier alpha value is -0.830. The molecule has 1 N–H and O–H groups in total. The molecule has 0 bridgehead atoms. The van der Waals surface area contributed by atoms with Crippen LogP contribution in [0.15, 0.2) is 0 Å². The summed E-state index contributed by atoms with van der Waals surface area (Å²) in [6, 6.07) is 0. The van der Waals surface area contributed by atoms with Crippen molar-refractivity contribution in [3.63, 3.8) is 0 Å². The topological polar surface area (TPSA) is 72.5 Å². The van der Waals surface area contributed by atoms with E-state index in [2.05, 4.69) is 10.1 Å². The molecule has 5 nitrogen and oxygen atoms in total. The minimum atomic E-state index is -5.16. The average molecular weight is 259 g/mol. The standard InChI is InChI=1S/C7H8F3NO4S/c8-7(9,10)4(12)15-5-6(1-11-2-6)3-16(5,13)14/h5,11H,1-3H2. The van der Waals surface area contributed by atoms with Crippen molar-refractivity contribution in [3.05, 3.63) is 0 Å². The van der Waals surface area contributed by atoms with Gasteiger partial charge in [-0.1, -0.05) is 0 Å². The van der Waals surface area contributed by atoms with E-state index in [1.807, 2.05) is 0 Å². The summed E-state index contributed by atoms with van der Waals surface area (Å²) < 4.78 is 62.2. The SMILES string of the molecule is O=C(OC1C2(CNC2)CS1(=O)=O)C(F)(F)F. The summed E-state index contributed by atoms with van der Waals surface area (Å²) in [5, 5.41) is 2.75. The molecule has 92 valence electrons. The Balaban J connectivity index is 2.11. The molecular weight excluding hydrogens is 251 g/mol. The Labute approximate surface area is 88.9 Å². The smallest absolute Gasteiger partial charge is 0.439 e. The van der Waals surface area contributed by atoms with Crippen molar-refractivity contribution in [1.29, 1.82) is 0 Å². The van der Waals surface area contributed by atoms with E-state index in [0.29, 0.717) is 0 Å². The number of halogens is 3. The van der Waals surface area contributed by atoms with Crippen molar-refractivity contribution in [1.82, 2.24) is 5.32 Å². The molecule has 2 heterocycles. The highest BCUT2D eigenvalue weighted by Gasteiger charge is 2.65. The molecule has 0 amide bonds. The first-order valence-corrected chi connectivity index (χ1v) is 6.09. The number of sulfone groups is 1. The van der Waals surface area contributed by atoms with Crippen LogP contribution in [0.3, 0.4) is 0 Å². The molecule has 2 saturated heterocycles. The lowest BCUT2D eigenvalue weighted by Crippen LogP contribution is -2.73. The first-order chi connectivity index (χ1) is 7.17. The van der Waals surface area contributed by atoms with Crippen molar-refractivity contribution >= 4 is 15.8 Å². The van der Waals surface area contributed by atoms with E-state index >= 15 is 0 Å². The molecule has 9 heteroatoms. The maximum absolute atomic E-state index is 11.9. The second-order valence-electron chi connectivity index (χ2n) is 4.01. The molecule has 2 aliphatic rings. The molecule has 0 radical (unpaired) electrons. The summed E-state index contributed by atoms with van der Waals surface area (Å²) in [5.74, 6) is -2.69. The third-order valence-corrected chi connectivity index (χ3v) is 4.94. The molecule has 2 aliphatic heterocycles. The third-order valence-electron chi connectivity index (χ3n) is 2.71. The van der Waals surface area contributed by atoms with Crippen molar-refractivity contribution in [3.8, 4) is 0 Å². The van der Waals surface area contributed by atoms with Crippen LogP contribution >= 0.6 is 0 Å². The molecule has 1 spiro atoms. The number of carbonyl (C=O) groups excluding carboxylic acids is 1. The molecule has 1 unspecified atom stereocenters. The van der Waals surface area contributed by atoms with Gasteiger partial charge in [0.2, 0.25) is 5.44 Å². The van der Waals surface area contributed by atoms with Gasteiger partial charge in [-0.15, -0.1) is 0 Å². The molecule has 2 rings (SSSR count). The highest BCUT2D eigenvalue weighted by atomic mass is 32.2. The number of esters is 1. The van der Waals surface area contributed by atoms with Crippen molar-refractivity contribution in [2.24, 2.45) is 5.41 Å². The van der Waals surface area contributed by atoms with Crippen molar-refractivity contribution < 1.29 is 31.1 Å². The van der Waals surface area contributed by atoms with Crippen LogP contribution in [0.4, 0.5) is 13.2 Å². The molecule has 1 atom stereocenters. The Morgan fingerprint density at radius 3 is 2.25 bits per heavy atom. The third kappa shape index (κ3) is 1.58. The monoisotopic (exact) mass is 259 g/mol. The summed E-state index contributed by atoms with van der Waals surface area (Å²) >= 11 is 0. The number of hydrogen-bond acceptors (Lipinski definition) is 5. The van der Waals surface area contributed by atoms with Crippen LogP contribution in [0.1, 0.15) is 0 Å². The van der Waals surface area contributed by atoms with Crippen molar-refractivity contribution in [2.75, 3.05) is 18.8 Å². The van der Waals surface area contributed by atoms with Crippen LogP contribution in [0, 0.1) is 5.41 Å². The molecule has 0 aromatic carbocycles. The van der Waals surface area contributed by atoms with Crippen LogP contribution in [-0.4, -0.2) is 44.8 Å². The van der Waals surface area contributed by atoms with Gasteiger partial charge in [0.05, 0.1) is 11.2 Å². The normalized spacial score (nSPS) is 30.3. The van der Waals surface area contributed by atoms with E-state index in [4.69, 9.17) is 0 Å². The summed E-state index contributed by atoms with van der Waals surface area (Å²) in [6.45, 7) is 0.504. The molecule has 0 aromatic rings. The second kappa shape index (κ2) is 3.10. The molecular formula is C7H8F3NO4S.